The van der Waals surface area contributed by atoms with Gasteiger partial charge in [0.05, 0.1) is 11.6 Å². The predicted molar refractivity (Wildman–Crippen MR) is 58.4 cm³/mol. The van der Waals surface area contributed by atoms with E-state index in [9.17, 15) is 0 Å². The lowest BCUT2D eigenvalue weighted by Gasteiger charge is -2.18. The number of hydrogen-bond donors (Lipinski definition) is 1. The Bertz CT molecular complexity index is 310. The van der Waals surface area contributed by atoms with Crippen molar-refractivity contribution in [3.63, 3.8) is 0 Å². The van der Waals surface area contributed by atoms with Gasteiger partial charge in [0.25, 0.3) is 0 Å². The molecule has 74 valence electrons. The van der Waals surface area contributed by atoms with Gasteiger partial charge in [0.1, 0.15) is 0 Å². The number of likely N-dealkylation sites (N-methyl/N-ethyl adjacent to an activating group) is 2. The highest BCUT2D eigenvalue weighted by Crippen LogP contribution is 2.12. The SMILES string of the molecule is CNCCN(C)c1ccc(C#N)cc1. The van der Waals surface area contributed by atoms with E-state index in [1.807, 2.05) is 38.4 Å². The van der Waals surface area contributed by atoms with Crippen LogP contribution in [0.4, 0.5) is 5.69 Å². The molecule has 0 aliphatic heterocycles. The Morgan fingerprint density at radius 2 is 2.00 bits per heavy atom. The summed E-state index contributed by atoms with van der Waals surface area (Å²) in [6.07, 6.45) is 0. The average molecular weight is 189 g/mol. The molecule has 1 aromatic rings. The summed E-state index contributed by atoms with van der Waals surface area (Å²) < 4.78 is 0. The minimum atomic E-state index is 0.704. The van der Waals surface area contributed by atoms with E-state index in [-0.39, 0.29) is 0 Å². The van der Waals surface area contributed by atoms with Crippen molar-refractivity contribution in [3.8, 4) is 6.07 Å². The summed E-state index contributed by atoms with van der Waals surface area (Å²) in [7, 11) is 3.98. The molecule has 0 radical (unpaired) electrons. The molecule has 0 heterocycles. The number of nitriles is 1. The lowest BCUT2D eigenvalue weighted by atomic mass is 10.2. The van der Waals surface area contributed by atoms with Crippen LogP contribution in [0.15, 0.2) is 24.3 Å². The Morgan fingerprint density at radius 1 is 1.36 bits per heavy atom. The van der Waals surface area contributed by atoms with Crippen LogP contribution in [0, 0.1) is 11.3 Å². The van der Waals surface area contributed by atoms with Gasteiger partial charge in [-0.05, 0) is 31.3 Å². The molecule has 0 aliphatic carbocycles. The third-order valence-corrected chi connectivity index (χ3v) is 2.13. The standard InChI is InChI=1S/C11H15N3/c1-13-7-8-14(2)11-5-3-10(9-12)4-6-11/h3-6,13H,7-8H2,1-2H3. The molecule has 0 saturated carbocycles. The van der Waals surface area contributed by atoms with Gasteiger partial charge in [0.2, 0.25) is 0 Å². The maximum absolute atomic E-state index is 8.63. The molecule has 1 N–H and O–H groups in total. The second-order valence-corrected chi connectivity index (χ2v) is 3.18. The highest BCUT2D eigenvalue weighted by atomic mass is 15.1. The average Bonchev–Trinajstić information content (AvgIpc) is 2.26. The molecule has 1 aromatic carbocycles. The number of rotatable bonds is 4. The topological polar surface area (TPSA) is 39.1 Å². The van der Waals surface area contributed by atoms with Crippen molar-refractivity contribution >= 4 is 5.69 Å². The van der Waals surface area contributed by atoms with Crippen molar-refractivity contribution in [2.24, 2.45) is 0 Å². The van der Waals surface area contributed by atoms with E-state index in [0.29, 0.717) is 5.56 Å². The van der Waals surface area contributed by atoms with Gasteiger partial charge < -0.3 is 10.2 Å². The summed E-state index contributed by atoms with van der Waals surface area (Å²) >= 11 is 0. The number of nitrogens with one attached hydrogen (secondary N) is 1. The summed E-state index contributed by atoms with van der Waals surface area (Å²) in [4.78, 5) is 2.15. The molecule has 0 unspecified atom stereocenters. The monoisotopic (exact) mass is 189 g/mol. The Hall–Kier alpha value is -1.53. The first kappa shape index (κ1) is 10.6. The van der Waals surface area contributed by atoms with Gasteiger partial charge in [0.15, 0.2) is 0 Å². The highest BCUT2D eigenvalue weighted by Gasteiger charge is 1.99. The van der Waals surface area contributed by atoms with Crippen LogP contribution in [0.1, 0.15) is 5.56 Å². The second-order valence-electron chi connectivity index (χ2n) is 3.18. The first-order valence-corrected chi connectivity index (χ1v) is 4.64. The van der Waals surface area contributed by atoms with Gasteiger partial charge in [-0.25, -0.2) is 0 Å². The van der Waals surface area contributed by atoms with E-state index in [1.54, 1.807) is 0 Å². The minimum Gasteiger partial charge on any atom is -0.373 e. The Labute approximate surface area is 85.0 Å². The Balaban J connectivity index is 2.63. The molecule has 0 saturated heterocycles. The summed E-state index contributed by atoms with van der Waals surface area (Å²) in [6.45, 7) is 1.92. The van der Waals surface area contributed by atoms with Crippen molar-refractivity contribution in [1.82, 2.24) is 5.32 Å². The molecule has 0 bridgehead atoms. The van der Waals surface area contributed by atoms with Crippen molar-refractivity contribution in [3.05, 3.63) is 29.8 Å². The molecule has 1 rings (SSSR count). The molecule has 14 heavy (non-hydrogen) atoms. The molecule has 3 heteroatoms. The number of anilines is 1. The predicted octanol–water partition coefficient (Wildman–Crippen LogP) is 1.21. The zero-order valence-electron chi connectivity index (χ0n) is 8.62. The molecular weight excluding hydrogens is 174 g/mol. The molecule has 0 aromatic heterocycles. The fourth-order valence-corrected chi connectivity index (χ4v) is 1.20. The zero-order valence-corrected chi connectivity index (χ0v) is 8.62. The zero-order chi connectivity index (χ0) is 10.4. The summed E-state index contributed by atoms with van der Waals surface area (Å²) in [5.41, 5.74) is 1.84. The van der Waals surface area contributed by atoms with E-state index in [2.05, 4.69) is 16.3 Å². The van der Waals surface area contributed by atoms with Crippen LogP contribution >= 0.6 is 0 Å². The van der Waals surface area contributed by atoms with Crippen LogP contribution in [0.5, 0.6) is 0 Å². The van der Waals surface area contributed by atoms with Crippen LogP contribution in [0.3, 0.4) is 0 Å². The first-order valence-electron chi connectivity index (χ1n) is 4.64. The van der Waals surface area contributed by atoms with Crippen LogP contribution < -0.4 is 10.2 Å². The quantitative estimate of drug-likeness (QED) is 0.774. The lowest BCUT2D eigenvalue weighted by Crippen LogP contribution is -2.26. The van der Waals surface area contributed by atoms with E-state index in [1.165, 1.54) is 0 Å². The fraction of sp³-hybridized carbons (Fsp3) is 0.364. The third-order valence-electron chi connectivity index (χ3n) is 2.13. The van der Waals surface area contributed by atoms with Crippen LogP contribution in [0.25, 0.3) is 0 Å². The van der Waals surface area contributed by atoms with Crippen molar-refractivity contribution in [1.29, 1.82) is 5.26 Å². The van der Waals surface area contributed by atoms with Crippen molar-refractivity contribution in [2.45, 2.75) is 0 Å². The molecule has 0 aliphatic rings. The summed E-state index contributed by atoms with van der Waals surface area (Å²) in [5, 5.41) is 11.7. The number of hydrogen-bond acceptors (Lipinski definition) is 3. The smallest absolute Gasteiger partial charge is 0.0991 e. The van der Waals surface area contributed by atoms with Gasteiger partial charge in [-0.3, -0.25) is 0 Å². The second kappa shape index (κ2) is 5.25. The van der Waals surface area contributed by atoms with Gasteiger partial charge in [0, 0.05) is 25.8 Å². The summed E-state index contributed by atoms with van der Waals surface area (Å²) in [5.74, 6) is 0. The largest absolute Gasteiger partial charge is 0.373 e. The first-order chi connectivity index (χ1) is 6.77. The molecular formula is C11H15N3. The van der Waals surface area contributed by atoms with E-state index in [4.69, 9.17) is 5.26 Å². The van der Waals surface area contributed by atoms with Crippen molar-refractivity contribution < 1.29 is 0 Å². The fourth-order valence-electron chi connectivity index (χ4n) is 1.20. The van der Waals surface area contributed by atoms with Gasteiger partial charge in [-0.1, -0.05) is 0 Å². The minimum absolute atomic E-state index is 0.704. The molecule has 3 nitrogen and oxygen atoms in total. The maximum atomic E-state index is 8.63. The molecule has 0 spiro atoms. The Morgan fingerprint density at radius 3 is 2.50 bits per heavy atom. The third kappa shape index (κ3) is 2.75. The van der Waals surface area contributed by atoms with Crippen molar-refractivity contribution in [2.75, 3.05) is 32.1 Å². The van der Waals surface area contributed by atoms with E-state index >= 15 is 0 Å². The van der Waals surface area contributed by atoms with Crippen LogP contribution in [-0.2, 0) is 0 Å². The lowest BCUT2D eigenvalue weighted by molar-refractivity contribution is 0.768. The van der Waals surface area contributed by atoms with E-state index < -0.39 is 0 Å². The Kier molecular flexibility index (Phi) is 3.96. The van der Waals surface area contributed by atoms with Gasteiger partial charge in [-0.2, -0.15) is 5.26 Å². The molecule has 0 atom stereocenters. The van der Waals surface area contributed by atoms with E-state index in [0.717, 1.165) is 18.8 Å². The number of benzene rings is 1. The molecule has 0 fully saturated rings. The van der Waals surface area contributed by atoms with Crippen LogP contribution in [-0.4, -0.2) is 27.2 Å². The van der Waals surface area contributed by atoms with Gasteiger partial charge in [-0.15, -0.1) is 0 Å². The number of nitrogens with zero attached hydrogens (tertiary/aromatic N) is 2. The maximum Gasteiger partial charge on any atom is 0.0991 e. The highest BCUT2D eigenvalue weighted by molar-refractivity contribution is 5.48. The molecule has 0 amide bonds. The van der Waals surface area contributed by atoms with Crippen LogP contribution in [0.2, 0.25) is 0 Å². The summed E-state index contributed by atoms with van der Waals surface area (Å²) in [6, 6.07) is 9.72. The normalized spacial score (nSPS) is 9.50. The van der Waals surface area contributed by atoms with Gasteiger partial charge >= 0.3 is 0 Å².